The molecule has 0 spiro atoms. The van der Waals surface area contributed by atoms with Gasteiger partial charge in [-0.2, -0.15) is 0 Å². The van der Waals surface area contributed by atoms with Crippen molar-refractivity contribution in [2.45, 2.75) is 19.8 Å². The molecule has 2 aromatic rings. The molecule has 0 saturated heterocycles. The van der Waals surface area contributed by atoms with Gasteiger partial charge in [-0.05, 0) is 33.9 Å². The Morgan fingerprint density at radius 3 is 2.46 bits per heavy atom. The maximum Gasteiger partial charge on any atom is 0.136 e. The monoisotopic (exact) mass is 196 g/mol. The van der Waals surface area contributed by atoms with Gasteiger partial charge in [-0.1, -0.05) is 25.4 Å². The lowest BCUT2D eigenvalue weighted by Crippen LogP contribution is -1.88. The fraction of sp³-hybridized carbons (Fsp3) is 0.333. The third-order valence-corrected chi connectivity index (χ3v) is 2.32. The summed E-state index contributed by atoms with van der Waals surface area (Å²) in [6, 6.07) is 3.70. The number of hydrogen-bond donors (Lipinski definition) is 0. The molecule has 13 heavy (non-hydrogen) atoms. The van der Waals surface area contributed by atoms with E-state index in [1.165, 1.54) is 0 Å². The number of halogens is 1. The normalized spacial score (nSPS) is 11.4. The molecule has 0 amide bonds. The molecule has 0 unspecified atom stereocenters. The summed E-state index contributed by atoms with van der Waals surface area (Å²) in [5.74, 6) is 0.383. The van der Waals surface area contributed by atoms with E-state index in [9.17, 15) is 0 Å². The van der Waals surface area contributed by atoms with E-state index in [2.05, 4.69) is 28.8 Å². The highest BCUT2D eigenvalue weighted by atomic mass is 35.5. The van der Waals surface area contributed by atoms with E-state index in [0.29, 0.717) is 11.4 Å². The van der Waals surface area contributed by atoms with Gasteiger partial charge in [0, 0.05) is 5.02 Å². The maximum atomic E-state index is 6.05. The van der Waals surface area contributed by atoms with Crippen molar-refractivity contribution in [1.82, 2.24) is 10.3 Å². The highest BCUT2D eigenvalue weighted by Crippen LogP contribution is 2.27. The Kier molecular flexibility index (Phi) is 1.96. The third kappa shape index (κ3) is 1.40. The first-order valence-corrected chi connectivity index (χ1v) is 4.48. The molecule has 1 heterocycles. The van der Waals surface area contributed by atoms with Gasteiger partial charge in [-0.15, -0.1) is 0 Å². The summed E-state index contributed by atoms with van der Waals surface area (Å²) >= 11 is 6.05. The Morgan fingerprint density at radius 2 is 1.85 bits per heavy atom. The molecular formula is C9H9ClN2O. The average Bonchev–Trinajstić information content (AvgIpc) is 2.48. The molecule has 0 aliphatic rings. The van der Waals surface area contributed by atoms with Crippen LogP contribution in [0.4, 0.5) is 0 Å². The van der Waals surface area contributed by atoms with Crippen LogP contribution in [0.5, 0.6) is 0 Å². The molecule has 2 rings (SSSR count). The Labute approximate surface area is 80.6 Å². The molecule has 0 aliphatic heterocycles. The minimum Gasteiger partial charge on any atom is -0.243 e. The topological polar surface area (TPSA) is 38.9 Å². The number of hydrogen-bond acceptors (Lipinski definition) is 3. The number of benzene rings is 1. The van der Waals surface area contributed by atoms with Gasteiger partial charge in [0.1, 0.15) is 11.0 Å². The molecule has 3 nitrogen and oxygen atoms in total. The number of rotatable bonds is 1. The van der Waals surface area contributed by atoms with Gasteiger partial charge in [0.2, 0.25) is 0 Å². The van der Waals surface area contributed by atoms with Crippen LogP contribution in [-0.2, 0) is 0 Å². The molecule has 1 aromatic heterocycles. The van der Waals surface area contributed by atoms with E-state index in [4.69, 9.17) is 11.6 Å². The Balaban J connectivity index is 2.69. The highest BCUT2D eigenvalue weighted by Gasteiger charge is 2.09. The van der Waals surface area contributed by atoms with E-state index in [-0.39, 0.29) is 0 Å². The molecule has 0 N–H and O–H groups in total. The quantitative estimate of drug-likeness (QED) is 0.704. The van der Waals surface area contributed by atoms with Crippen LogP contribution in [0.3, 0.4) is 0 Å². The fourth-order valence-electron chi connectivity index (χ4n) is 1.26. The molecule has 0 fully saturated rings. The lowest BCUT2D eigenvalue weighted by atomic mass is 10.0. The van der Waals surface area contributed by atoms with Crippen molar-refractivity contribution in [3.8, 4) is 0 Å². The second kappa shape index (κ2) is 3.00. The van der Waals surface area contributed by atoms with Gasteiger partial charge >= 0.3 is 0 Å². The molecule has 0 bridgehead atoms. The standard InChI is InChI=1S/C9H9ClN2O/c1-5(2)6-3-8-9(4-7(6)10)12-13-11-8/h3-5H,1-2H3. The van der Waals surface area contributed by atoms with Crippen molar-refractivity contribution < 1.29 is 4.63 Å². The third-order valence-electron chi connectivity index (χ3n) is 1.99. The molecular weight excluding hydrogens is 188 g/mol. The van der Waals surface area contributed by atoms with Crippen molar-refractivity contribution in [3.05, 3.63) is 22.7 Å². The number of fused-ring (bicyclic) bond motifs is 1. The summed E-state index contributed by atoms with van der Waals surface area (Å²) in [6.07, 6.45) is 0. The van der Waals surface area contributed by atoms with Crippen molar-refractivity contribution in [1.29, 1.82) is 0 Å². The SMILES string of the molecule is CC(C)c1cc2nonc2cc1Cl. The Morgan fingerprint density at radius 1 is 1.23 bits per heavy atom. The largest absolute Gasteiger partial charge is 0.243 e. The predicted molar refractivity (Wildman–Crippen MR) is 50.9 cm³/mol. The zero-order valence-corrected chi connectivity index (χ0v) is 8.17. The first-order chi connectivity index (χ1) is 6.18. The molecule has 4 heteroatoms. The van der Waals surface area contributed by atoms with Crippen molar-refractivity contribution in [2.75, 3.05) is 0 Å². The molecule has 0 atom stereocenters. The van der Waals surface area contributed by atoms with Crippen molar-refractivity contribution >= 4 is 22.6 Å². The van der Waals surface area contributed by atoms with Gasteiger partial charge < -0.3 is 0 Å². The molecule has 68 valence electrons. The zero-order chi connectivity index (χ0) is 9.42. The van der Waals surface area contributed by atoms with Crippen LogP contribution in [0.15, 0.2) is 16.8 Å². The molecule has 0 radical (unpaired) electrons. The van der Waals surface area contributed by atoms with Gasteiger partial charge in [-0.25, -0.2) is 4.63 Å². The average molecular weight is 197 g/mol. The van der Waals surface area contributed by atoms with Crippen LogP contribution in [0, 0.1) is 0 Å². The van der Waals surface area contributed by atoms with E-state index in [0.717, 1.165) is 16.1 Å². The zero-order valence-electron chi connectivity index (χ0n) is 7.41. The van der Waals surface area contributed by atoms with Gasteiger partial charge in [0.15, 0.2) is 0 Å². The number of aromatic nitrogens is 2. The molecule has 0 saturated carbocycles. The van der Waals surface area contributed by atoms with E-state index in [1.807, 2.05) is 6.07 Å². The maximum absolute atomic E-state index is 6.05. The summed E-state index contributed by atoms with van der Waals surface area (Å²) < 4.78 is 4.60. The Hall–Kier alpha value is -1.09. The summed E-state index contributed by atoms with van der Waals surface area (Å²) in [5.41, 5.74) is 2.53. The molecule has 1 aromatic carbocycles. The van der Waals surface area contributed by atoms with Crippen LogP contribution in [0.25, 0.3) is 11.0 Å². The van der Waals surface area contributed by atoms with Gasteiger partial charge in [0.25, 0.3) is 0 Å². The second-order valence-electron chi connectivity index (χ2n) is 3.28. The lowest BCUT2D eigenvalue weighted by Gasteiger charge is -2.06. The number of nitrogens with zero attached hydrogens (tertiary/aromatic N) is 2. The van der Waals surface area contributed by atoms with Crippen molar-refractivity contribution in [3.63, 3.8) is 0 Å². The first kappa shape index (κ1) is 8.51. The predicted octanol–water partition coefficient (Wildman–Crippen LogP) is 3.00. The summed E-state index contributed by atoms with van der Waals surface area (Å²) in [6.45, 7) is 4.17. The van der Waals surface area contributed by atoms with Crippen LogP contribution in [0.1, 0.15) is 25.3 Å². The van der Waals surface area contributed by atoms with E-state index >= 15 is 0 Å². The fourth-order valence-corrected chi connectivity index (χ4v) is 1.64. The van der Waals surface area contributed by atoms with Crippen molar-refractivity contribution in [2.24, 2.45) is 0 Å². The van der Waals surface area contributed by atoms with E-state index in [1.54, 1.807) is 6.07 Å². The van der Waals surface area contributed by atoms with Crippen LogP contribution >= 0.6 is 11.6 Å². The molecule has 0 aliphatic carbocycles. The van der Waals surface area contributed by atoms with Crippen LogP contribution < -0.4 is 0 Å². The van der Waals surface area contributed by atoms with Gasteiger partial charge in [-0.3, -0.25) is 0 Å². The highest BCUT2D eigenvalue weighted by molar-refractivity contribution is 6.32. The smallest absolute Gasteiger partial charge is 0.136 e. The lowest BCUT2D eigenvalue weighted by molar-refractivity contribution is 0.315. The van der Waals surface area contributed by atoms with E-state index < -0.39 is 0 Å². The van der Waals surface area contributed by atoms with Crippen LogP contribution in [0.2, 0.25) is 5.02 Å². The summed E-state index contributed by atoms with van der Waals surface area (Å²) in [7, 11) is 0. The second-order valence-corrected chi connectivity index (χ2v) is 3.69. The first-order valence-electron chi connectivity index (χ1n) is 4.10. The van der Waals surface area contributed by atoms with Gasteiger partial charge in [0.05, 0.1) is 0 Å². The minimum absolute atomic E-state index is 0.383. The Bertz CT molecular complexity index is 436. The summed E-state index contributed by atoms with van der Waals surface area (Å²) in [4.78, 5) is 0. The summed E-state index contributed by atoms with van der Waals surface area (Å²) in [5, 5.41) is 8.19. The minimum atomic E-state index is 0.383. The van der Waals surface area contributed by atoms with Crippen LogP contribution in [-0.4, -0.2) is 10.3 Å².